The third-order valence-electron chi connectivity index (χ3n) is 4.09. The molecule has 1 aromatic carbocycles. The number of rotatable bonds is 7. The summed E-state index contributed by atoms with van der Waals surface area (Å²) < 4.78 is 7.85. The van der Waals surface area contributed by atoms with Gasteiger partial charge in [0.05, 0.1) is 0 Å². The first-order valence-electron chi connectivity index (χ1n) is 8.43. The Kier molecular flexibility index (Phi) is 7.92. The van der Waals surface area contributed by atoms with Gasteiger partial charge in [-0.15, -0.1) is 0 Å². The van der Waals surface area contributed by atoms with Crippen molar-refractivity contribution >= 4 is 33.0 Å². The number of allylic oxidation sites excluding steroid dienone is 2. The van der Waals surface area contributed by atoms with Crippen molar-refractivity contribution in [3.05, 3.63) is 51.2 Å². The van der Waals surface area contributed by atoms with Crippen LogP contribution in [0.4, 0.5) is 0 Å². The Labute approximate surface area is 150 Å². The van der Waals surface area contributed by atoms with E-state index < -0.39 is 0 Å². The molecule has 0 saturated heterocycles. The SMILES string of the molecule is CCCC[Te]C1=C(C(=O)OC)C(/C=C/c2ccccc2)CCC1. The molecule has 23 heavy (non-hydrogen) atoms. The van der Waals surface area contributed by atoms with E-state index in [1.54, 1.807) is 0 Å². The van der Waals surface area contributed by atoms with Crippen LogP contribution in [0.3, 0.4) is 0 Å². The van der Waals surface area contributed by atoms with Crippen molar-refractivity contribution in [1.29, 1.82) is 0 Å². The van der Waals surface area contributed by atoms with Crippen molar-refractivity contribution in [2.45, 2.75) is 43.5 Å². The van der Waals surface area contributed by atoms with Gasteiger partial charge in [0.15, 0.2) is 0 Å². The number of benzene rings is 1. The van der Waals surface area contributed by atoms with Crippen LogP contribution >= 0.6 is 0 Å². The van der Waals surface area contributed by atoms with Crippen molar-refractivity contribution in [3.8, 4) is 0 Å². The van der Waals surface area contributed by atoms with Crippen molar-refractivity contribution in [1.82, 2.24) is 0 Å². The summed E-state index contributed by atoms with van der Waals surface area (Å²) in [6.07, 6.45) is 10.2. The van der Waals surface area contributed by atoms with Gasteiger partial charge in [0.2, 0.25) is 0 Å². The summed E-state index contributed by atoms with van der Waals surface area (Å²) in [4.78, 5) is 12.3. The average Bonchev–Trinajstić information content (AvgIpc) is 2.60. The molecule has 0 aromatic heterocycles. The molecule has 0 spiro atoms. The van der Waals surface area contributed by atoms with Crippen LogP contribution in [0.25, 0.3) is 6.08 Å². The van der Waals surface area contributed by atoms with E-state index in [-0.39, 0.29) is 32.8 Å². The topological polar surface area (TPSA) is 26.3 Å². The fourth-order valence-corrected chi connectivity index (χ4v) is 6.69. The molecule has 124 valence electrons. The molecule has 0 amide bonds. The van der Waals surface area contributed by atoms with Gasteiger partial charge >= 0.3 is 150 Å². The van der Waals surface area contributed by atoms with E-state index in [0.29, 0.717) is 0 Å². The van der Waals surface area contributed by atoms with E-state index in [0.717, 1.165) is 18.4 Å². The van der Waals surface area contributed by atoms with Gasteiger partial charge in [-0.1, -0.05) is 0 Å². The van der Waals surface area contributed by atoms with Gasteiger partial charge in [-0.2, -0.15) is 0 Å². The Bertz CT molecular complexity index is 560. The molecule has 0 heterocycles. The van der Waals surface area contributed by atoms with Gasteiger partial charge < -0.3 is 0 Å². The van der Waals surface area contributed by atoms with E-state index in [9.17, 15) is 4.79 Å². The fourth-order valence-electron chi connectivity index (χ4n) is 2.82. The molecule has 2 nitrogen and oxygen atoms in total. The summed E-state index contributed by atoms with van der Waals surface area (Å²) in [5.74, 6) is 0.113. The first-order valence-corrected chi connectivity index (χ1v) is 11.2. The van der Waals surface area contributed by atoms with Gasteiger partial charge in [0, 0.05) is 0 Å². The predicted octanol–water partition coefficient (Wildman–Crippen LogP) is 4.85. The molecule has 1 aliphatic rings. The van der Waals surface area contributed by atoms with Crippen LogP contribution in [-0.2, 0) is 9.53 Å². The van der Waals surface area contributed by atoms with E-state index in [4.69, 9.17) is 4.74 Å². The van der Waals surface area contributed by atoms with Crippen molar-refractivity contribution in [2.75, 3.05) is 7.11 Å². The third-order valence-corrected chi connectivity index (χ3v) is 7.70. The maximum absolute atomic E-state index is 12.3. The van der Waals surface area contributed by atoms with Crippen LogP contribution in [-0.4, -0.2) is 34.0 Å². The minimum atomic E-state index is -0.225. The standard InChI is InChI=1S/C20H26O2Te/c1-3-4-15-23-18-12-8-11-17(19(18)20(21)22-2)14-13-16-9-6-5-7-10-16/h5-7,9-10,13-14,17H,3-4,8,11-12,15H2,1-2H3/b14-13+. The summed E-state index contributed by atoms with van der Waals surface area (Å²) in [7, 11) is 1.51. The van der Waals surface area contributed by atoms with Gasteiger partial charge in [-0.05, 0) is 0 Å². The maximum atomic E-state index is 12.3. The summed E-state index contributed by atoms with van der Waals surface area (Å²) >= 11 is -0.225. The molecule has 0 saturated carbocycles. The van der Waals surface area contributed by atoms with Gasteiger partial charge in [0.25, 0.3) is 0 Å². The van der Waals surface area contributed by atoms with Gasteiger partial charge in [-0.3, -0.25) is 0 Å². The average molecular weight is 426 g/mol. The molecule has 1 aliphatic carbocycles. The Morgan fingerprint density at radius 2 is 2.13 bits per heavy atom. The molecular weight excluding hydrogens is 400 g/mol. The Morgan fingerprint density at radius 1 is 1.35 bits per heavy atom. The Hall–Kier alpha value is -1.04. The molecule has 1 aromatic rings. The van der Waals surface area contributed by atoms with Crippen molar-refractivity contribution < 1.29 is 9.53 Å². The zero-order valence-electron chi connectivity index (χ0n) is 14.1. The zero-order chi connectivity index (χ0) is 16.5. The summed E-state index contributed by atoms with van der Waals surface area (Å²) in [6, 6.07) is 10.3. The Balaban J connectivity index is 2.20. The van der Waals surface area contributed by atoms with Gasteiger partial charge in [-0.25, -0.2) is 0 Å². The normalized spacial score (nSPS) is 18.4. The van der Waals surface area contributed by atoms with Crippen LogP contribution < -0.4 is 0 Å². The molecule has 2 rings (SSSR count). The molecule has 0 bridgehead atoms. The quantitative estimate of drug-likeness (QED) is 0.354. The van der Waals surface area contributed by atoms with Crippen molar-refractivity contribution in [2.24, 2.45) is 5.92 Å². The fraction of sp³-hybridized carbons (Fsp3) is 0.450. The minimum absolute atomic E-state index is 0.107. The van der Waals surface area contributed by atoms with E-state index >= 15 is 0 Å². The number of ether oxygens (including phenoxy) is 1. The van der Waals surface area contributed by atoms with E-state index in [1.807, 2.05) is 18.2 Å². The summed E-state index contributed by atoms with van der Waals surface area (Å²) in [6.45, 7) is 2.23. The molecule has 0 aliphatic heterocycles. The third kappa shape index (κ3) is 5.52. The first kappa shape index (κ1) is 18.3. The number of unbranched alkanes of at least 4 members (excludes halogenated alkanes) is 1. The second-order valence-corrected chi connectivity index (χ2v) is 9.19. The molecule has 3 heteroatoms. The van der Waals surface area contributed by atoms with Crippen LogP contribution in [0.15, 0.2) is 45.6 Å². The second kappa shape index (κ2) is 9.96. The first-order chi connectivity index (χ1) is 11.3. The second-order valence-electron chi connectivity index (χ2n) is 5.80. The molecule has 0 radical (unpaired) electrons. The summed E-state index contributed by atoms with van der Waals surface area (Å²) in [5, 5.41) is 0. The van der Waals surface area contributed by atoms with Crippen LogP contribution in [0.1, 0.15) is 44.6 Å². The number of carbonyl (C=O) groups excluding carboxylic acids is 1. The van der Waals surface area contributed by atoms with E-state index in [1.165, 1.54) is 40.0 Å². The number of methoxy groups -OCH3 is 1. The van der Waals surface area contributed by atoms with Crippen LogP contribution in [0.5, 0.6) is 0 Å². The van der Waals surface area contributed by atoms with Crippen LogP contribution in [0, 0.1) is 5.92 Å². The molecule has 0 N–H and O–H groups in total. The molecule has 0 fully saturated rings. The van der Waals surface area contributed by atoms with Gasteiger partial charge in [0.1, 0.15) is 0 Å². The van der Waals surface area contributed by atoms with Crippen LogP contribution in [0.2, 0.25) is 4.47 Å². The van der Waals surface area contributed by atoms with Crippen molar-refractivity contribution in [3.63, 3.8) is 0 Å². The number of esters is 1. The molecule has 1 atom stereocenters. The Morgan fingerprint density at radius 3 is 2.83 bits per heavy atom. The molecular formula is C20H26O2Te. The van der Waals surface area contributed by atoms with E-state index in [2.05, 4.69) is 31.2 Å². The predicted molar refractivity (Wildman–Crippen MR) is 97.3 cm³/mol. The zero-order valence-corrected chi connectivity index (χ0v) is 16.4. The monoisotopic (exact) mass is 428 g/mol. The number of hydrogen-bond donors (Lipinski definition) is 0. The molecule has 1 unspecified atom stereocenters. The number of carbonyl (C=O) groups is 1. The number of hydrogen-bond acceptors (Lipinski definition) is 2. The summed E-state index contributed by atoms with van der Waals surface area (Å²) in [5.41, 5.74) is 2.16.